The lowest BCUT2D eigenvalue weighted by molar-refractivity contribution is 0.0937. The van der Waals surface area contributed by atoms with Gasteiger partial charge in [0.05, 0.1) is 18.4 Å². The number of nitrogens with one attached hydrogen (secondary N) is 1. The van der Waals surface area contributed by atoms with Crippen molar-refractivity contribution >= 4 is 11.6 Å². The molecule has 0 spiro atoms. The molecule has 0 aliphatic rings. The predicted molar refractivity (Wildman–Crippen MR) is 81.3 cm³/mol. The molecule has 0 radical (unpaired) electrons. The lowest BCUT2D eigenvalue weighted by Crippen LogP contribution is -2.30. The molecule has 1 aromatic carbocycles. The molecule has 1 heterocycles. The second-order valence-corrected chi connectivity index (χ2v) is 4.69. The van der Waals surface area contributed by atoms with Gasteiger partial charge in [-0.3, -0.25) is 9.48 Å². The topological polar surface area (TPSA) is 82.2 Å². The summed E-state index contributed by atoms with van der Waals surface area (Å²) in [4.78, 5) is 12.1. The van der Waals surface area contributed by atoms with Crippen molar-refractivity contribution in [2.45, 2.75) is 20.4 Å². The Balaban J connectivity index is 1.83. The third kappa shape index (κ3) is 3.75. The van der Waals surface area contributed by atoms with Gasteiger partial charge in [0.2, 0.25) is 0 Å². The highest BCUT2D eigenvalue weighted by atomic mass is 16.5. The van der Waals surface area contributed by atoms with Gasteiger partial charge in [0.15, 0.2) is 0 Å². The number of hydrogen-bond acceptors (Lipinski definition) is 4. The number of aryl methyl sites for hydroxylation is 2. The summed E-state index contributed by atoms with van der Waals surface area (Å²) >= 11 is 0. The standard InChI is InChI=1S/C15H20N4O2/c1-3-19-14(13(16)10-18-19)15(20)17-7-8-21-12-6-4-5-11(2)9-12/h4-6,9-10H,3,7-8,16H2,1-2H3,(H,17,20). The molecular weight excluding hydrogens is 268 g/mol. The molecule has 2 rings (SSSR count). The summed E-state index contributed by atoms with van der Waals surface area (Å²) < 4.78 is 7.15. The molecule has 1 amide bonds. The van der Waals surface area contributed by atoms with Crippen molar-refractivity contribution < 1.29 is 9.53 Å². The monoisotopic (exact) mass is 288 g/mol. The molecule has 0 atom stereocenters. The van der Waals surface area contributed by atoms with Crippen LogP contribution in [0.4, 0.5) is 5.69 Å². The first kappa shape index (κ1) is 14.9. The summed E-state index contributed by atoms with van der Waals surface area (Å²) in [6.45, 7) is 5.31. The third-order valence-corrected chi connectivity index (χ3v) is 3.03. The van der Waals surface area contributed by atoms with Crippen LogP contribution in [0.5, 0.6) is 5.75 Å². The van der Waals surface area contributed by atoms with E-state index >= 15 is 0 Å². The SMILES string of the molecule is CCn1ncc(N)c1C(=O)NCCOc1cccc(C)c1. The van der Waals surface area contributed by atoms with E-state index in [2.05, 4.69) is 10.4 Å². The van der Waals surface area contributed by atoms with Crippen LogP contribution in [0.15, 0.2) is 30.5 Å². The highest BCUT2D eigenvalue weighted by Gasteiger charge is 2.15. The van der Waals surface area contributed by atoms with Gasteiger partial charge in [0.25, 0.3) is 5.91 Å². The van der Waals surface area contributed by atoms with Crippen LogP contribution >= 0.6 is 0 Å². The van der Waals surface area contributed by atoms with Crippen molar-refractivity contribution in [3.63, 3.8) is 0 Å². The van der Waals surface area contributed by atoms with Crippen molar-refractivity contribution in [1.82, 2.24) is 15.1 Å². The summed E-state index contributed by atoms with van der Waals surface area (Å²) in [6, 6.07) is 7.78. The lowest BCUT2D eigenvalue weighted by Gasteiger charge is -2.09. The van der Waals surface area contributed by atoms with E-state index in [-0.39, 0.29) is 5.91 Å². The van der Waals surface area contributed by atoms with Crippen LogP contribution in [-0.2, 0) is 6.54 Å². The minimum absolute atomic E-state index is 0.236. The fourth-order valence-electron chi connectivity index (χ4n) is 2.01. The van der Waals surface area contributed by atoms with E-state index in [1.54, 1.807) is 4.68 Å². The molecule has 21 heavy (non-hydrogen) atoms. The van der Waals surface area contributed by atoms with E-state index in [0.29, 0.717) is 31.1 Å². The smallest absolute Gasteiger partial charge is 0.271 e. The summed E-state index contributed by atoms with van der Waals surface area (Å²) in [6.07, 6.45) is 1.49. The second-order valence-electron chi connectivity index (χ2n) is 4.69. The van der Waals surface area contributed by atoms with Gasteiger partial charge in [-0.25, -0.2) is 0 Å². The van der Waals surface area contributed by atoms with Crippen molar-refractivity contribution in [2.24, 2.45) is 0 Å². The van der Waals surface area contributed by atoms with Gasteiger partial charge < -0.3 is 15.8 Å². The summed E-state index contributed by atoms with van der Waals surface area (Å²) in [7, 11) is 0. The Morgan fingerprint density at radius 3 is 3.00 bits per heavy atom. The normalized spacial score (nSPS) is 10.4. The molecule has 0 fully saturated rings. The summed E-state index contributed by atoms with van der Waals surface area (Å²) in [5, 5.41) is 6.82. The quantitative estimate of drug-likeness (QED) is 0.791. The Hall–Kier alpha value is -2.50. The average Bonchev–Trinajstić information content (AvgIpc) is 2.84. The average molecular weight is 288 g/mol. The molecule has 3 N–H and O–H groups in total. The number of amides is 1. The van der Waals surface area contributed by atoms with Gasteiger partial charge in [-0.15, -0.1) is 0 Å². The Morgan fingerprint density at radius 2 is 2.29 bits per heavy atom. The van der Waals surface area contributed by atoms with Crippen molar-refractivity contribution in [3.05, 3.63) is 41.7 Å². The number of benzene rings is 1. The molecule has 0 aliphatic heterocycles. The van der Waals surface area contributed by atoms with Crippen molar-refractivity contribution in [1.29, 1.82) is 0 Å². The van der Waals surface area contributed by atoms with Crippen LogP contribution in [0.1, 0.15) is 23.0 Å². The molecule has 0 unspecified atom stereocenters. The maximum absolute atomic E-state index is 12.1. The number of anilines is 1. The molecular formula is C15H20N4O2. The van der Waals surface area contributed by atoms with E-state index in [9.17, 15) is 4.79 Å². The zero-order chi connectivity index (χ0) is 15.2. The second kappa shape index (κ2) is 6.78. The third-order valence-electron chi connectivity index (χ3n) is 3.03. The van der Waals surface area contributed by atoms with Crippen LogP contribution in [-0.4, -0.2) is 28.8 Å². The number of carbonyl (C=O) groups is 1. The summed E-state index contributed by atoms with van der Waals surface area (Å²) in [5.74, 6) is 0.557. The minimum Gasteiger partial charge on any atom is -0.492 e. The number of carbonyl (C=O) groups excluding carboxylic acids is 1. The molecule has 112 valence electrons. The number of aromatic nitrogens is 2. The molecule has 0 aliphatic carbocycles. The number of hydrogen-bond donors (Lipinski definition) is 2. The van der Waals surface area contributed by atoms with Crippen LogP contribution < -0.4 is 15.8 Å². The predicted octanol–water partition coefficient (Wildman–Crippen LogP) is 1.60. The molecule has 0 saturated heterocycles. The largest absolute Gasteiger partial charge is 0.492 e. The number of nitrogens with two attached hydrogens (primary N) is 1. The van der Waals surface area contributed by atoms with E-state index in [0.717, 1.165) is 11.3 Å². The van der Waals surface area contributed by atoms with E-state index in [4.69, 9.17) is 10.5 Å². The fraction of sp³-hybridized carbons (Fsp3) is 0.333. The number of nitrogen functional groups attached to an aromatic ring is 1. The van der Waals surface area contributed by atoms with E-state index in [1.165, 1.54) is 6.20 Å². The van der Waals surface area contributed by atoms with E-state index in [1.807, 2.05) is 38.1 Å². The van der Waals surface area contributed by atoms with Crippen LogP contribution in [0.25, 0.3) is 0 Å². The lowest BCUT2D eigenvalue weighted by atomic mass is 10.2. The van der Waals surface area contributed by atoms with Gasteiger partial charge in [-0.2, -0.15) is 5.10 Å². The molecule has 6 heteroatoms. The van der Waals surface area contributed by atoms with Gasteiger partial charge >= 0.3 is 0 Å². The maximum atomic E-state index is 12.1. The van der Waals surface area contributed by atoms with Crippen LogP contribution in [0, 0.1) is 6.92 Å². The first-order valence-corrected chi connectivity index (χ1v) is 6.90. The maximum Gasteiger partial charge on any atom is 0.271 e. The Bertz CT molecular complexity index is 622. The Labute approximate surface area is 123 Å². The molecule has 0 saturated carbocycles. The number of rotatable bonds is 6. The van der Waals surface area contributed by atoms with Crippen molar-refractivity contribution in [2.75, 3.05) is 18.9 Å². The first-order valence-electron chi connectivity index (χ1n) is 6.90. The Kier molecular flexibility index (Phi) is 4.81. The van der Waals surface area contributed by atoms with Gasteiger partial charge in [0.1, 0.15) is 18.1 Å². The summed E-state index contributed by atoms with van der Waals surface area (Å²) in [5.41, 5.74) is 7.67. The molecule has 1 aromatic heterocycles. The molecule has 0 bridgehead atoms. The number of nitrogens with zero attached hydrogens (tertiary/aromatic N) is 2. The zero-order valence-electron chi connectivity index (χ0n) is 12.3. The molecule has 6 nitrogen and oxygen atoms in total. The van der Waals surface area contributed by atoms with Crippen LogP contribution in [0.3, 0.4) is 0 Å². The highest BCUT2D eigenvalue weighted by molar-refractivity contribution is 5.97. The molecule has 2 aromatic rings. The zero-order valence-corrected chi connectivity index (χ0v) is 12.3. The minimum atomic E-state index is -0.236. The Morgan fingerprint density at radius 1 is 1.48 bits per heavy atom. The van der Waals surface area contributed by atoms with Crippen molar-refractivity contribution in [3.8, 4) is 5.75 Å². The van der Waals surface area contributed by atoms with E-state index < -0.39 is 0 Å². The van der Waals surface area contributed by atoms with Gasteiger partial charge in [0, 0.05) is 6.54 Å². The highest BCUT2D eigenvalue weighted by Crippen LogP contribution is 2.12. The fourth-order valence-corrected chi connectivity index (χ4v) is 2.01. The number of ether oxygens (including phenoxy) is 1. The van der Waals surface area contributed by atoms with Crippen LogP contribution in [0.2, 0.25) is 0 Å². The van der Waals surface area contributed by atoms with Gasteiger partial charge in [-0.1, -0.05) is 12.1 Å². The van der Waals surface area contributed by atoms with Gasteiger partial charge in [-0.05, 0) is 31.5 Å². The first-order chi connectivity index (χ1) is 10.1.